The summed E-state index contributed by atoms with van der Waals surface area (Å²) in [6.07, 6.45) is 4.35. The zero-order valence-corrected chi connectivity index (χ0v) is 15.0. The van der Waals surface area contributed by atoms with Crippen molar-refractivity contribution in [1.29, 1.82) is 0 Å². The Morgan fingerprint density at radius 1 is 0.889 bits per heavy atom. The number of nitrogens with one attached hydrogen (secondary N) is 2. The van der Waals surface area contributed by atoms with E-state index < -0.39 is 0 Å². The number of anilines is 2. The topological polar surface area (TPSA) is 66.7 Å². The minimum atomic E-state index is -0.0211. The van der Waals surface area contributed by atoms with Crippen molar-refractivity contribution in [1.82, 2.24) is 9.97 Å². The van der Waals surface area contributed by atoms with E-state index in [1.165, 1.54) is 11.1 Å². The maximum Gasteiger partial charge on any atom is 0.204 e. The highest BCUT2D eigenvalue weighted by molar-refractivity contribution is 5.68. The van der Waals surface area contributed by atoms with Gasteiger partial charge in [-0.3, -0.25) is 0 Å². The van der Waals surface area contributed by atoms with Crippen molar-refractivity contribution in [2.24, 2.45) is 5.73 Å². The molecule has 0 aliphatic rings. The lowest BCUT2D eigenvalue weighted by molar-refractivity contribution is 0.722. The monoisotopic (exact) mass is 354 g/mol. The van der Waals surface area contributed by atoms with E-state index in [9.17, 15) is 0 Å². The van der Waals surface area contributed by atoms with E-state index in [1.54, 1.807) is 12.4 Å². The Kier molecular flexibility index (Phi) is 4.99. The summed E-state index contributed by atoms with van der Waals surface area (Å²) in [5.41, 5.74) is 12.2. The quantitative estimate of drug-likeness (QED) is 0.453. The van der Waals surface area contributed by atoms with Crippen LogP contribution in [0, 0.1) is 0 Å². The van der Waals surface area contributed by atoms with Crippen LogP contribution in [0.2, 0.25) is 0 Å². The number of aromatic amines is 1. The van der Waals surface area contributed by atoms with Crippen molar-refractivity contribution in [3.8, 4) is 11.1 Å². The van der Waals surface area contributed by atoms with Crippen molar-refractivity contribution in [3.63, 3.8) is 0 Å². The zero-order valence-electron chi connectivity index (χ0n) is 15.0. The highest BCUT2D eigenvalue weighted by Gasteiger charge is 2.08. The smallest absolute Gasteiger partial charge is 0.204 e. The first-order valence-corrected chi connectivity index (χ1v) is 9.04. The predicted molar refractivity (Wildman–Crippen MR) is 111 cm³/mol. The van der Waals surface area contributed by atoms with Crippen LogP contribution >= 0.6 is 0 Å². The van der Waals surface area contributed by atoms with Crippen LogP contribution in [0.3, 0.4) is 0 Å². The summed E-state index contributed by atoms with van der Waals surface area (Å²) in [5.74, 6) is 0.733. The fourth-order valence-electron chi connectivity index (χ4n) is 3.15. The molecule has 0 amide bonds. The lowest BCUT2D eigenvalue weighted by atomic mass is 9.96. The van der Waals surface area contributed by atoms with Crippen LogP contribution < -0.4 is 11.1 Å². The van der Waals surface area contributed by atoms with E-state index in [4.69, 9.17) is 5.73 Å². The standard InChI is InChI=1S/C23H22N4/c24-22(15-17-5-2-1-3-6-17)20-8-4-7-19(16-20)18-9-11-21(12-10-18)27-23-25-13-14-26-23/h1-14,16,22H,15,24H2,(H2,25,26,27). The van der Waals surface area contributed by atoms with Gasteiger partial charge in [0.1, 0.15) is 0 Å². The van der Waals surface area contributed by atoms with Gasteiger partial charge in [0.25, 0.3) is 0 Å². The molecule has 4 aromatic rings. The Morgan fingerprint density at radius 2 is 1.70 bits per heavy atom. The van der Waals surface area contributed by atoms with Gasteiger partial charge in [0.05, 0.1) is 0 Å². The van der Waals surface area contributed by atoms with E-state index in [2.05, 4.69) is 88.1 Å². The molecular formula is C23H22N4. The minimum absolute atomic E-state index is 0.0211. The van der Waals surface area contributed by atoms with Gasteiger partial charge in [0.2, 0.25) is 5.95 Å². The van der Waals surface area contributed by atoms with Crippen molar-refractivity contribution >= 4 is 11.6 Å². The number of hydrogen-bond donors (Lipinski definition) is 3. The Hall–Kier alpha value is -3.37. The van der Waals surface area contributed by atoms with Gasteiger partial charge in [0.15, 0.2) is 0 Å². The van der Waals surface area contributed by atoms with E-state index in [1.807, 2.05) is 6.07 Å². The van der Waals surface area contributed by atoms with Crippen LogP contribution in [0.4, 0.5) is 11.6 Å². The second-order valence-electron chi connectivity index (χ2n) is 6.56. The van der Waals surface area contributed by atoms with Gasteiger partial charge in [-0.05, 0) is 46.9 Å². The third-order valence-electron chi connectivity index (χ3n) is 4.59. The van der Waals surface area contributed by atoms with Gasteiger partial charge < -0.3 is 16.0 Å². The Labute approximate surface area is 159 Å². The third kappa shape index (κ3) is 4.25. The molecule has 0 radical (unpaired) electrons. The van der Waals surface area contributed by atoms with Crippen LogP contribution in [0.1, 0.15) is 17.2 Å². The number of rotatable bonds is 6. The normalized spacial score (nSPS) is 11.9. The molecule has 0 aliphatic carbocycles. The summed E-state index contributed by atoms with van der Waals surface area (Å²) in [6.45, 7) is 0. The molecule has 0 saturated carbocycles. The number of hydrogen-bond acceptors (Lipinski definition) is 3. The van der Waals surface area contributed by atoms with Gasteiger partial charge in [-0.1, -0.05) is 60.7 Å². The molecule has 4 N–H and O–H groups in total. The number of nitrogens with two attached hydrogens (primary N) is 1. The van der Waals surface area contributed by atoms with E-state index in [-0.39, 0.29) is 6.04 Å². The van der Waals surface area contributed by atoms with Gasteiger partial charge >= 0.3 is 0 Å². The zero-order chi connectivity index (χ0) is 18.5. The Morgan fingerprint density at radius 3 is 2.44 bits per heavy atom. The first-order chi connectivity index (χ1) is 13.3. The van der Waals surface area contributed by atoms with Gasteiger partial charge in [-0.15, -0.1) is 0 Å². The summed E-state index contributed by atoms with van der Waals surface area (Å²) in [6, 6.07) is 27.1. The van der Waals surface area contributed by atoms with Crippen LogP contribution in [-0.4, -0.2) is 9.97 Å². The molecule has 4 rings (SSSR count). The molecule has 0 aliphatic heterocycles. The maximum absolute atomic E-state index is 6.45. The molecule has 1 atom stereocenters. The fraction of sp³-hybridized carbons (Fsp3) is 0.0870. The van der Waals surface area contributed by atoms with E-state index >= 15 is 0 Å². The molecule has 27 heavy (non-hydrogen) atoms. The van der Waals surface area contributed by atoms with Crippen molar-refractivity contribution in [2.75, 3.05) is 5.32 Å². The predicted octanol–water partition coefficient (Wildman–Crippen LogP) is 5.06. The highest BCUT2D eigenvalue weighted by atomic mass is 15.1. The summed E-state index contributed by atoms with van der Waals surface area (Å²) < 4.78 is 0. The van der Waals surface area contributed by atoms with Crippen LogP contribution in [-0.2, 0) is 6.42 Å². The van der Waals surface area contributed by atoms with Gasteiger partial charge in [-0.25, -0.2) is 4.98 Å². The Balaban J connectivity index is 1.50. The second kappa shape index (κ2) is 7.89. The average molecular weight is 354 g/mol. The molecule has 1 heterocycles. The summed E-state index contributed by atoms with van der Waals surface area (Å²) >= 11 is 0. The molecule has 0 bridgehead atoms. The first kappa shape index (κ1) is 17.1. The van der Waals surface area contributed by atoms with Crippen molar-refractivity contribution in [3.05, 3.63) is 102 Å². The molecule has 4 nitrogen and oxygen atoms in total. The highest BCUT2D eigenvalue weighted by Crippen LogP contribution is 2.26. The van der Waals surface area contributed by atoms with E-state index in [0.29, 0.717) is 0 Å². The van der Waals surface area contributed by atoms with Gasteiger partial charge in [0, 0.05) is 24.1 Å². The number of aromatic nitrogens is 2. The maximum atomic E-state index is 6.45. The van der Waals surface area contributed by atoms with E-state index in [0.717, 1.165) is 29.2 Å². The molecule has 1 aromatic heterocycles. The fourth-order valence-corrected chi connectivity index (χ4v) is 3.15. The molecule has 3 aromatic carbocycles. The lowest BCUT2D eigenvalue weighted by Crippen LogP contribution is -2.13. The summed E-state index contributed by atoms with van der Waals surface area (Å²) in [7, 11) is 0. The average Bonchev–Trinajstić information content (AvgIpc) is 3.22. The minimum Gasteiger partial charge on any atom is -0.331 e. The molecular weight excluding hydrogens is 332 g/mol. The summed E-state index contributed by atoms with van der Waals surface area (Å²) in [5, 5.41) is 3.23. The molecule has 134 valence electrons. The molecule has 0 saturated heterocycles. The second-order valence-corrected chi connectivity index (χ2v) is 6.56. The Bertz CT molecular complexity index is 977. The van der Waals surface area contributed by atoms with Crippen LogP contribution in [0.5, 0.6) is 0 Å². The molecule has 4 heteroatoms. The van der Waals surface area contributed by atoms with Crippen LogP contribution in [0.25, 0.3) is 11.1 Å². The van der Waals surface area contributed by atoms with Gasteiger partial charge in [-0.2, -0.15) is 0 Å². The molecule has 0 spiro atoms. The largest absolute Gasteiger partial charge is 0.331 e. The van der Waals surface area contributed by atoms with Crippen LogP contribution in [0.15, 0.2) is 91.3 Å². The number of nitrogens with zero attached hydrogens (tertiary/aromatic N) is 1. The number of benzene rings is 3. The molecule has 0 fully saturated rings. The first-order valence-electron chi connectivity index (χ1n) is 9.04. The summed E-state index contributed by atoms with van der Waals surface area (Å²) in [4.78, 5) is 7.21. The lowest BCUT2D eigenvalue weighted by Gasteiger charge is -2.14. The SMILES string of the molecule is NC(Cc1ccccc1)c1cccc(-c2ccc(Nc3ncc[nH]3)cc2)c1. The third-order valence-corrected chi connectivity index (χ3v) is 4.59. The molecule has 1 unspecified atom stereocenters. The number of imidazole rings is 1. The van der Waals surface area contributed by atoms with Crippen molar-refractivity contribution in [2.45, 2.75) is 12.5 Å². The van der Waals surface area contributed by atoms with Crippen molar-refractivity contribution < 1.29 is 0 Å². The number of H-pyrrole nitrogens is 1.